The number of nitrogens with one attached hydrogen (secondary N) is 3. The van der Waals surface area contributed by atoms with Crippen molar-refractivity contribution < 1.29 is 4.79 Å². The first-order valence-electron chi connectivity index (χ1n) is 7.35. The lowest BCUT2D eigenvalue weighted by molar-refractivity contribution is 0.262. The zero-order valence-corrected chi connectivity index (χ0v) is 12.9. The summed E-state index contributed by atoms with van der Waals surface area (Å²) in [5, 5.41) is 9.59. The van der Waals surface area contributed by atoms with Gasteiger partial charge in [-0.1, -0.05) is 23.7 Å². The third kappa shape index (κ3) is 3.78. The smallest absolute Gasteiger partial charge is 0.316 e. The number of hydrogen-bond donors (Lipinski definition) is 3. The fourth-order valence-corrected chi connectivity index (χ4v) is 2.73. The van der Waals surface area contributed by atoms with Crippen molar-refractivity contribution in [2.24, 2.45) is 0 Å². The molecule has 1 aliphatic heterocycles. The van der Waals surface area contributed by atoms with Crippen LogP contribution in [0.25, 0.3) is 0 Å². The molecule has 2 aromatic carbocycles. The summed E-state index contributed by atoms with van der Waals surface area (Å²) in [4.78, 5) is 11.9. The number of amides is 2. The Balaban J connectivity index is 1.57. The molecule has 3 N–H and O–H groups in total. The fraction of sp³-hybridized carbons (Fsp3) is 0.235. The number of halogens is 1. The van der Waals surface area contributed by atoms with Gasteiger partial charge in [-0.05, 0) is 60.8 Å². The van der Waals surface area contributed by atoms with Crippen LogP contribution in [-0.2, 0) is 0 Å². The van der Waals surface area contributed by atoms with Crippen molar-refractivity contribution in [2.45, 2.75) is 12.3 Å². The van der Waals surface area contributed by atoms with E-state index in [1.54, 1.807) is 24.3 Å². The standard InChI is InChI=1S/C17H18ClN3O/c18-14-3-7-16(8-4-14)21-17(22)20-15-5-1-12(2-6-15)13-9-10-19-11-13/h1-8,13,19H,9-11H2,(H2,20,21,22)/t13-/m1/s1. The molecule has 1 heterocycles. The Morgan fingerprint density at radius 2 is 1.59 bits per heavy atom. The van der Waals surface area contributed by atoms with Gasteiger partial charge in [0.25, 0.3) is 0 Å². The third-order valence-corrected chi connectivity index (χ3v) is 4.05. The van der Waals surface area contributed by atoms with Gasteiger partial charge in [-0.25, -0.2) is 4.79 Å². The molecule has 2 amide bonds. The summed E-state index contributed by atoms with van der Waals surface area (Å²) >= 11 is 5.81. The van der Waals surface area contributed by atoms with Crippen LogP contribution in [-0.4, -0.2) is 19.1 Å². The molecule has 0 bridgehead atoms. The number of carbonyl (C=O) groups is 1. The normalized spacial score (nSPS) is 17.2. The van der Waals surface area contributed by atoms with Gasteiger partial charge in [0.15, 0.2) is 0 Å². The molecule has 1 atom stereocenters. The van der Waals surface area contributed by atoms with Crippen LogP contribution in [0.2, 0.25) is 5.02 Å². The number of rotatable bonds is 3. The minimum atomic E-state index is -0.266. The third-order valence-electron chi connectivity index (χ3n) is 3.80. The summed E-state index contributed by atoms with van der Waals surface area (Å²) in [5.41, 5.74) is 2.80. The number of carbonyl (C=O) groups excluding carboxylic acids is 1. The zero-order valence-electron chi connectivity index (χ0n) is 12.1. The number of benzene rings is 2. The SMILES string of the molecule is O=C(Nc1ccc(Cl)cc1)Nc1ccc([C@@H]2CCNC2)cc1. The molecule has 4 nitrogen and oxygen atoms in total. The second kappa shape index (κ2) is 6.81. The highest BCUT2D eigenvalue weighted by Crippen LogP contribution is 2.23. The second-order valence-corrected chi connectivity index (χ2v) is 5.83. The highest BCUT2D eigenvalue weighted by Gasteiger charge is 2.16. The van der Waals surface area contributed by atoms with Gasteiger partial charge < -0.3 is 16.0 Å². The Hall–Kier alpha value is -2.04. The van der Waals surface area contributed by atoms with Crippen LogP contribution < -0.4 is 16.0 Å². The minimum absolute atomic E-state index is 0.266. The molecular formula is C17H18ClN3O. The second-order valence-electron chi connectivity index (χ2n) is 5.40. The van der Waals surface area contributed by atoms with Gasteiger partial charge in [0.2, 0.25) is 0 Å². The highest BCUT2D eigenvalue weighted by molar-refractivity contribution is 6.30. The number of urea groups is 1. The first-order valence-corrected chi connectivity index (χ1v) is 7.73. The van der Waals surface area contributed by atoms with E-state index in [0.29, 0.717) is 16.6 Å². The van der Waals surface area contributed by atoms with Crippen molar-refractivity contribution in [3.05, 3.63) is 59.1 Å². The first kappa shape index (κ1) is 14.9. The van der Waals surface area contributed by atoms with E-state index in [4.69, 9.17) is 11.6 Å². The van der Waals surface area contributed by atoms with Crippen molar-refractivity contribution >= 4 is 29.0 Å². The van der Waals surface area contributed by atoms with E-state index < -0.39 is 0 Å². The summed E-state index contributed by atoms with van der Waals surface area (Å²) in [6.07, 6.45) is 1.17. The largest absolute Gasteiger partial charge is 0.323 e. The Bertz CT molecular complexity index is 634. The molecule has 1 aliphatic rings. The van der Waals surface area contributed by atoms with E-state index in [9.17, 15) is 4.79 Å². The lowest BCUT2D eigenvalue weighted by Crippen LogP contribution is -2.19. The summed E-state index contributed by atoms with van der Waals surface area (Å²) in [5.74, 6) is 0.581. The molecule has 22 heavy (non-hydrogen) atoms. The van der Waals surface area contributed by atoms with Gasteiger partial charge in [-0.15, -0.1) is 0 Å². The molecule has 0 aromatic heterocycles. The lowest BCUT2D eigenvalue weighted by atomic mass is 9.98. The first-order chi connectivity index (χ1) is 10.7. The average Bonchev–Trinajstić information content (AvgIpc) is 3.05. The minimum Gasteiger partial charge on any atom is -0.316 e. The highest BCUT2D eigenvalue weighted by atomic mass is 35.5. The average molecular weight is 316 g/mol. The van der Waals surface area contributed by atoms with Crippen LogP contribution in [0, 0.1) is 0 Å². The Morgan fingerprint density at radius 3 is 2.14 bits per heavy atom. The molecule has 0 aliphatic carbocycles. The summed E-state index contributed by atoms with van der Waals surface area (Å²) in [6.45, 7) is 2.11. The van der Waals surface area contributed by atoms with Crippen molar-refractivity contribution in [1.29, 1.82) is 0 Å². The maximum atomic E-state index is 11.9. The van der Waals surface area contributed by atoms with Crippen molar-refractivity contribution in [3.8, 4) is 0 Å². The summed E-state index contributed by atoms with van der Waals surface area (Å²) in [6, 6.07) is 14.8. The number of anilines is 2. The molecule has 5 heteroatoms. The Labute approximate surface area is 134 Å². The summed E-state index contributed by atoms with van der Waals surface area (Å²) < 4.78 is 0. The molecule has 114 valence electrons. The van der Waals surface area contributed by atoms with E-state index in [0.717, 1.165) is 18.8 Å². The van der Waals surface area contributed by atoms with Gasteiger partial charge in [0.05, 0.1) is 0 Å². The van der Waals surface area contributed by atoms with Crippen LogP contribution in [0.3, 0.4) is 0 Å². The predicted octanol–water partition coefficient (Wildman–Crippen LogP) is 4.06. The molecule has 3 rings (SSSR count). The van der Waals surface area contributed by atoms with E-state index in [2.05, 4.69) is 28.1 Å². The number of hydrogen-bond acceptors (Lipinski definition) is 2. The van der Waals surface area contributed by atoms with Crippen LogP contribution in [0.15, 0.2) is 48.5 Å². The molecule has 0 unspecified atom stereocenters. The van der Waals surface area contributed by atoms with Crippen LogP contribution in [0.4, 0.5) is 16.2 Å². The van der Waals surface area contributed by atoms with Crippen molar-refractivity contribution in [2.75, 3.05) is 23.7 Å². The summed E-state index contributed by atoms with van der Waals surface area (Å²) in [7, 11) is 0. The van der Waals surface area contributed by atoms with Gasteiger partial charge in [0.1, 0.15) is 0 Å². The topological polar surface area (TPSA) is 53.2 Å². The quantitative estimate of drug-likeness (QED) is 0.800. The zero-order chi connectivity index (χ0) is 15.4. The van der Waals surface area contributed by atoms with Crippen LogP contribution >= 0.6 is 11.6 Å². The molecule has 2 aromatic rings. The molecule has 0 spiro atoms. The Kier molecular flexibility index (Phi) is 4.61. The van der Waals surface area contributed by atoms with E-state index in [-0.39, 0.29) is 6.03 Å². The van der Waals surface area contributed by atoms with Gasteiger partial charge in [-0.2, -0.15) is 0 Å². The molecule has 1 saturated heterocycles. The monoisotopic (exact) mass is 315 g/mol. The molecule has 1 fully saturated rings. The lowest BCUT2D eigenvalue weighted by Gasteiger charge is -2.11. The van der Waals surface area contributed by atoms with Gasteiger partial charge in [0, 0.05) is 22.9 Å². The molecule has 0 saturated carbocycles. The predicted molar refractivity (Wildman–Crippen MR) is 90.8 cm³/mol. The fourth-order valence-electron chi connectivity index (χ4n) is 2.60. The van der Waals surface area contributed by atoms with Gasteiger partial charge in [-0.3, -0.25) is 0 Å². The molecular weight excluding hydrogens is 298 g/mol. The van der Waals surface area contributed by atoms with E-state index in [1.165, 1.54) is 12.0 Å². The maximum Gasteiger partial charge on any atom is 0.323 e. The van der Waals surface area contributed by atoms with Gasteiger partial charge >= 0.3 is 6.03 Å². The maximum absolute atomic E-state index is 11.9. The Morgan fingerprint density at radius 1 is 1.00 bits per heavy atom. The van der Waals surface area contributed by atoms with E-state index in [1.807, 2.05) is 12.1 Å². The van der Waals surface area contributed by atoms with Crippen LogP contribution in [0.5, 0.6) is 0 Å². The molecule has 0 radical (unpaired) electrons. The van der Waals surface area contributed by atoms with Crippen LogP contribution in [0.1, 0.15) is 17.9 Å². The van der Waals surface area contributed by atoms with Crippen molar-refractivity contribution in [3.63, 3.8) is 0 Å². The van der Waals surface area contributed by atoms with Crippen molar-refractivity contribution in [1.82, 2.24) is 5.32 Å². The van der Waals surface area contributed by atoms with E-state index >= 15 is 0 Å².